The van der Waals surface area contributed by atoms with Gasteiger partial charge in [-0.15, -0.1) is 22.4 Å². The predicted molar refractivity (Wildman–Crippen MR) is 44.5 cm³/mol. The molecule has 0 spiro atoms. The molecule has 0 aromatic carbocycles. The van der Waals surface area contributed by atoms with Crippen LogP contribution >= 0.6 is 45.0 Å². The lowest BCUT2D eigenvalue weighted by Crippen LogP contribution is -1.93. The molecule has 0 aliphatic rings. The fourth-order valence-corrected chi connectivity index (χ4v) is 0. The Morgan fingerprint density at radius 1 is 1.80 bits per heavy atom. The first-order valence-electron chi connectivity index (χ1n) is 1.47. The van der Waals surface area contributed by atoms with Crippen molar-refractivity contribution in [3.63, 3.8) is 0 Å². The van der Waals surface area contributed by atoms with Gasteiger partial charge in [0.2, 0.25) is 4.57 Å². The van der Waals surface area contributed by atoms with E-state index in [1.807, 2.05) is 0 Å². The van der Waals surface area contributed by atoms with Crippen molar-refractivity contribution in [1.82, 2.24) is 0 Å². The van der Waals surface area contributed by atoms with E-state index in [0.29, 0.717) is 0 Å². The first-order chi connectivity index (χ1) is 2.27. The normalized spacial score (nSPS) is 7.80. The van der Waals surface area contributed by atoms with Crippen LogP contribution in [0, 0.1) is 0 Å². The Labute approximate surface area is 60.2 Å². The van der Waals surface area contributed by atoms with Gasteiger partial charge in [0.05, 0.1) is 0 Å². The first kappa shape index (κ1) is 6.52. The summed E-state index contributed by atoms with van der Waals surface area (Å²) in [4.78, 5) is 0. The third kappa shape index (κ3) is 5.52. The van der Waals surface area contributed by atoms with Gasteiger partial charge in [0.15, 0.2) is 0 Å². The second-order valence-electron chi connectivity index (χ2n) is 0.935. The molecule has 0 N–H and O–H groups in total. The lowest BCUT2D eigenvalue weighted by Gasteiger charge is -1.80. The van der Waals surface area contributed by atoms with Crippen LogP contribution in [0.2, 0.25) is 6.82 Å². The molecular formula is C2H5BI2. The van der Waals surface area contributed by atoms with E-state index in [0.717, 1.165) is 4.57 Å². The van der Waals surface area contributed by atoms with Gasteiger partial charge >= 0.3 is 0 Å². The topological polar surface area (TPSA) is 0 Å². The zero-order valence-electron chi connectivity index (χ0n) is 3.04. The molecule has 0 aromatic heterocycles. The predicted octanol–water partition coefficient (Wildman–Crippen LogP) is 2.02. The first-order valence-corrected chi connectivity index (χ1v) is 4.24. The number of hydrogen-bond donors (Lipinski definition) is 0. The third-order valence-electron chi connectivity index (χ3n) is 0.213. The molecule has 0 aliphatic heterocycles. The van der Waals surface area contributed by atoms with E-state index in [2.05, 4.69) is 51.8 Å². The molecular weight excluding hydrogens is 289 g/mol. The van der Waals surface area contributed by atoms with Crippen LogP contribution in [-0.2, 0) is 0 Å². The van der Waals surface area contributed by atoms with Crippen LogP contribution in [0.5, 0.6) is 0 Å². The molecule has 5 heavy (non-hydrogen) atoms. The van der Waals surface area contributed by atoms with Crippen molar-refractivity contribution >= 4 is 49.5 Å². The van der Waals surface area contributed by atoms with Crippen molar-refractivity contribution in [2.24, 2.45) is 0 Å². The summed E-state index contributed by atoms with van der Waals surface area (Å²) in [6, 6.07) is 0. The highest BCUT2D eigenvalue weighted by molar-refractivity contribution is 14.1. The summed E-state index contributed by atoms with van der Waals surface area (Å²) in [6.07, 6.45) is 0. The van der Waals surface area contributed by atoms with Crippen LogP contribution in [0.3, 0.4) is 0 Å². The molecule has 0 nitrogen and oxygen atoms in total. The van der Waals surface area contributed by atoms with Crippen LogP contribution in [-0.4, -0.2) is 8.90 Å². The van der Waals surface area contributed by atoms with E-state index in [4.69, 9.17) is 0 Å². The smallest absolute Gasteiger partial charge is 0.149 e. The number of hydrogen-bond acceptors (Lipinski definition) is 0. The standard InChI is InChI=1S/C2H5BI2/c1-3(5)2-4/h2H2,1H3. The average molecular weight is 294 g/mol. The number of halogens is 2. The zero-order chi connectivity index (χ0) is 4.28. The minimum Gasteiger partial charge on any atom is -0.149 e. The summed E-state index contributed by atoms with van der Waals surface area (Å²) < 4.78 is 2.10. The second kappa shape index (κ2) is 3.71. The largest absolute Gasteiger partial charge is 0.224 e. The molecule has 0 aromatic rings. The fourth-order valence-electron chi connectivity index (χ4n) is 0. The van der Waals surface area contributed by atoms with Crippen molar-refractivity contribution in [3.05, 3.63) is 0 Å². The van der Waals surface area contributed by atoms with Crippen molar-refractivity contribution in [2.75, 3.05) is 4.33 Å². The highest BCUT2D eigenvalue weighted by Crippen LogP contribution is 1.95. The van der Waals surface area contributed by atoms with Gasteiger partial charge in [0.25, 0.3) is 0 Å². The summed E-state index contributed by atoms with van der Waals surface area (Å²) in [7, 11) is 0. The highest BCUT2D eigenvalue weighted by Gasteiger charge is 1.91. The molecule has 0 saturated heterocycles. The van der Waals surface area contributed by atoms with Crippen molar-refractivity contribution in [3.8, 4) is 0 Å². The lowest BCUT2D eigenvalue weighted by atomic mass is 9.87. The molecule has 0 heterocycles. The summed E-state index contributed by atoms with van der Waals surface area (Å²) in [5.41, 5.74) is 0. The SMILES string of the molecule is CB(I)CI. The van der Waals surface area contributed by atoms with E-state index in [9.17, 15) is 0 Å². The van der Waals surface area contributed by atoms with Crippen LogP contribution in [0.15, 0.2) is 0 Å². The summed E-state index contributed by atoms with van der Waals surface area (Å²) in [5, 5.41) is 0. The summed E-state index contributed by atoms with van der Waals surface area (Å²) in [6.45, 7) is 2.20. The van der Waals surface area contributed by atoms with Gasteiger partial charge < -0.3 is 0 Å². The Morgan fingerprint density at radius 3 is 2.00 bits per heavy atom. The van der Waals surface area contributed by atoms with E-state index >= 15 is 0 Å². The van der Waals surface area contributed by atoms with Crippen LogP contribution in [0.1, 0.15) is 0 Å². The van der Waals surface area contributed by atoms with Gasteiger partial charge in [-0.3, -0.25) is 0 Å². The minimum atomic E-state index is 0.841. The minimum absolute atomic E-state index is 0.841. The molecule has 0 rings (SSSR count). The van der Waals surface area contributed by atoms with E-state index in [-0.39, 0.29) is 0 Å². The maximum atomic E-state index is 2.40. The molecule has 30 valence electrons. The van der Waals surface area contributed by atoms with Gasteiger partial charge in [-0.25, -0.2) is 0 Å². The molecule has 3 heteroatoms. The maximum Gasteiger partial charge on any atom is 0.224 e. The van der Waals surface area contributed by atoms with E-state index in [1.54, 1.807) is 0 Å². The van der Waals surface area contributed by atoms with Crippen molar-refractivity contribution in [1.29, 1.82) is 0 Å². The highest BCUT2D eigenvalue weighted by atomic mass is 127. The quantitative estimate of drug-likeness (QED) is 0.394. The van der Waals surface area contributed by atoms with Crippen LogP contribution < -0.4 is 0 Å². The Kier molecular flexibility index (Phi) is 4.84. The Balaban J connectivity index is 2.54. The van der Waals surface area contributed by atoms with Crippen molar-refractivity contribution < 1.29 is 0 Å². The fraction of sp³-hybridized carbons (Fsp3) is 1.00. The van der Waals surface area contributed by atoms with Gasteiger partial charge in [-0.2, -0.15) is 0 Å². The van der Waals surface area contributed by atoms with E-state index < -0.39 is 0 Å². The number of rotatable bonds is 1. The lowest BCUT2D eigenvalue weighted by molar-refractivity contribution is 2.12. The molecule has 0 radical (unpaired) electrons. The summed E-state index contributed by atoms with van der Waals surface area (Å²) in [5.74, 6) is 0. The maximum absolute atomic E-state index is 2.40. The van der Waals surface area contributed by atoms with Gasteiger partial charge in [0, 0.05) is 0 Å². The molecule has 0 aliphatic carbocycles. The summed E-state index contributed by atoms with van der Waals surface area (Å²) >= 11 is 4.77. The van der Waals surface area contributed by atoms with Crippen LogP contribution in [0.4, 0.5) is 0 Å². The van der Waals surface area contributed by atoms with Crippen LogP contribution in [0.25, 0.3) is 0 Å². The molecule has 0 saturated carbocycles. The van der Waals surface area contributed by atoms with Gasteiger partial charge in [-0.05, 0) is 4.33 Å². The molecule has 0 atom stereocenters. The van der Waals surface area contributed by atoms with E-state index in [1.165, 1.54) is 4.33 Å². The molecule has 0 bridgehead atoms. The van der Waals surface area contributed by atoms with Crippen molar-refractivity contribution in [2.45, 2.75) is 6.82 Å². The molecule has 0 amide bonds. The van der Waals surface area contributed by atoms with Gasteiger partial charge in [-0.1, -0.05) is 29.4 Å². The average Bonchev–Trinajstić information content (AvgIpc) is 1.38. The Hall–Kier alpha value is 1.52. The molecule has 0 fully saturated rings. The monoisotopic (exact) mass is 294 g/mol. The Bertz CT molecular complexity index is 21.6. The number of alkyl halides is 1. The third-order valence-corrected chi connectivity index (χ3v) is 3.66. The second-order valence-corrected chi connectivity index (χ2v) is 3.94. The molecule has 0 unspecified atom stereocenters. The Morgan fingerprint density at radius 2 is 2.00 bits per heavy atom. The zero-order valence-corrected chi connectivity index (χ0v) is 7.36. The van der Waals surface area contributed by atoms with Gasteiger partial charge in [0.1, 0.15) is 0 Å².